The first-order valence-corrected chi connectivity index (χ1v) is 4.27. The molecule has 13 heavy (non-hydrogen) atoms. The SMILES string of the molecule is CO[C@H](CO)[C@H]1OC(C)C(O)C1O. The average molecular weight is 192 g/mol. The first kappa shape index (κ1) is 10.9. The Balaban J connectivity index is 2.61. The van der Waals surface area contributed by atoms with E-state index in [1.54, 1.807) is 6.92 Å². The van der Waals surface area contributed by atoms with E-state index in [1.807, 2.05) is 0 Å². The van der Waals surface area contributed by atoms with Crippen molar-refractivity contribution in [1.82, 2.24) is 0 Å². The number of ether oxygens (including phenoxy) is 2. The van der Waals surface area contributed by atoms with Gasteiger partial charge in [0.2, 0.25) is 0 Å². The van der Waals surface area contributed by atoms with E-state index in [0.29, 0.717) is 0 Å². The Bertz CT molecular complexity index is 157. The number of aliphatic hydroxyl groups is 3. The Morgan fingerprint density at radius 2 is 2.00 bits per heavy atom. The summed E-state index contributed by atoms with van der Waals surface area (Å²) in [6.07, 6.45) is -3.57. The van der Waals surface area contributed by atoms with Crippen LogP contribution in [0.25, 0.3) is 0 Å². The lowest BCUT2D eigenvalue weighted by atomic mass is 10.0. The summed E-state index contributed by atoms with van der Waals surface area (Å²) in [5.41, 5.74) is 0. The normalized spacial score (nSPS) is 42.2. The summed E-state index contributed by atoms with van der Waals surface area (Å²) in [5.74, 6) is 0. The van der Waals surface area contributed by atoms with Crippen LogP contribution in [0.1, 0.15) is 6.92 Å². The summed E-state index contributed by atoms with van der Waals surface area (Å²) in [7, 11) is 1.42. The Kier molecular flexibility index (Phi) is 3.63. The largest absolute Gasteiger partial charge is 0.394 e. The van der Waals surface area contributed by atoms with Gasteiger partial charge in [-0.05, 0) is 6.92 Å². The standard InChI is InChI=1S/C8H16O5/c1-4-6(10)7(11)8(13-4)5(3-9)12-2/h4-11H,3H2,1-2H3/t4?,5-,6?,7?,8-/m1/s1. The second-order valence-electron chi connectivity index (χ2n) is 3.24. The van der Waals surface area contributed by atoms with Crippen molar-refractivity contribution in [3.05, 3.63) is 0 Å². The molecule has 0 radical (unpaired) electrons. The fourth-order valence-corrected chi connectivity index (χ4v) is 1.50. The van der Waals surface area contributed by atoms with E-state index in [2.05, 4.69) is 0 Å². The molecule has 0 aromatic rings. The highest BCUT2D eigenvalue weighted by atomic mass is 16.6. The van der Waals surface area contributed by atoms with Crippen molar-refractivity contribution in [2.75, 3.05) is 13.7 Å². The van der Waals surface area contributed by atoms with E-state index < -0.39 is 30.5 Å². The molecule has 5 heteroatoms. The highest BCUT2D eigenvalue weighted by Crippen LogP contribution is 2.24. The highest BCUT2D eigenvalue weighted by molar-refractivity contribution is 4.92. The zero-order valence-corrected chi connectivity index (χ0v) is 7.75. The maximum atomic E-state index is 9.49. The van der Waals surface area contributed by atoms with Crippen LogP contribution < -0.4 is 0 Å². The third kappa shape index (κ3) is 2.00. The van der Waals surface area contributed by atoms with Gasteiger partial charge in [-0.1, -0.05) is 0 Å². The van der Waals surface area contributed by atoms with Gasteiger partial charge in [0.25, 0.3) is 0 Å². The lowest BCUT2D eigenvalue weighted by Crippen LogP contribution is -2.41. The van der Waals surface area contributed by atoms with Crippen LogP contribution in [0, 0.1) is 0 Å². The van der Waals surface area contributed by atoms with Crippen molar-refractivity contribution in [3.63, 3.8) is 0 Å². The van der Waals surface area contributed by atoms with Gasteiger partial charge in [0.05, 0.1) is 12.7 Å². The van der Waals surface area contributed by atoms with Crippen LogP contribution in [0.3, 0.4) is 0 Å². The summed E-state index contributed by atoms with van der Waals surface area (Å²) in [6, 6.07) is 0. The molecule has 5 atom stereocenters. The fourth-order valence-electron chi connectivity index (χ4n) is 1.50. The van der Waals surface area contributed by atoms with Gasteiger partial charge >= 0.3 is 0 Å². The second kappa shape index (κ2) is 4.34. The third-order valence-electron chi connectivity index (χ3n) is 2.39. The molecule has 0 spiro atoms. The molecule has 1 saturated heterocycles. The zero-order chi connectivity index (χ0) is 10.0. The van der Waals surface area contributed by atoms with E-state index in [-0.39, 0.29) is 6.61 Å². The summed E-state index contributed by atoms with van der Waals surface area (Å²) >= 11 is 0. The van der Waals surface area contributed by atoms with Crippen molar-refractivity contribution in [2.45, 2.75) is 37.4 Å². The summed E-state index contributed by atoms with van der Waals surface area (Å²) in [4.78, 5) is 0. The maximum Gasteiger partial charge on any atom is 0.115 e. The molecule has 1 heterocycles. The van der Waals surface area contributed by atoms with Crippen LogP contribution in [0.2, 0.25) is 0 Å². The zero-order valence-electron chi connectivity index (χ0n) is 7.75. The first-order chi connectivity index (χ1) is 6.11. The summed E-state index contributed by atoms with van der Waals surface area (Å²) in [6.45, 7) is 1.43. The Labute approximate surface area is 76.9 Å². The van der Waals surface area contributed by atoms with Crippen molar-refractivity contribution in [1.29, 1.82) is 0 Å². The molecular formula is C8H16O5. The molecule has 78 valence electrons. The molecule has 0 saturated carbocycles. The van der Waals surface area contributed by atoms with Crippen molar-refractivity contribution >= 4 is 0 Å². The van der Waals surface area contributed by atoms with E-state index in [1.165, 1.54) is 7.11 Å². The molecule has 0 bridgehead atoms. The van der Waals surface area contributed by atoms with Crippen LogP contribution in [0.4, 0.5) is 0 Å². The van der Waals surface area contributed by atoms with E-state index in [9.17, 15) is 10.2 Å². The van der Waals surface area contributed by atoms with E-state index >= 15 is 0 Å². The molecule has 0 aromatic heterocycles. The average Bonchev–Trinajstić information content (AvgIpc) is 2.36. The summed E-state index contributed by atoms with van der Waals surface area (Å²) < 4.78 is 10.1. The minimum absolute atomic E-state index is 0.238. The van der Waals surface area contributed by atoms with Crippen LogP contribution in [0.15, 0.2) is 0 Å². The minimum Gasteiger partial charge on any atom is -0.394 e. The van der Waals surface area contributed by atoms with Crippen molar-refractivity contribution in [2.24, 2.45) is 0 Å². The first-order valence-electron chi connectivity index (χ1n) is 4.27. The van der Waals surface area contributed by atoms with Gasteiger partial charge < -0.3 is 24.8 Å². The minimum atomic E-state index is -0.993. The highest BCUT2D eigenvalue weighted by Gasteiger charge is 2.44. The van der Waals surface area contributed by atoms with Gasteiger partial charge in [-0.3, -0.25) is 0 Å². The predicted octanol–water partition coefficient (Wildman–Crippen LogP) is -1.50. The maximum absolute atomic E-state index is 9.49. The second-order valence-corrected chi connectivity index (χ2v) is 3.24. The Morgan fingerprint density at radius 3 is 2.31 bits per heavy atom. The summed E-state index contributed by atoms with van der Waals surface area (Å²) in [5, 5.41) is 27.7. The molecule has 1 fully saturated rings. The number of aliphatic hydroxyl groups excluding tert-OH is 3. The molecule has 5 nitrogen and oxygen atoms in total. The smallest absolute Gasteiger partial charge is 0.115 e. The van der Waals surface area contributed by atoms with Gasteiger partial charge in [-0.25, -0.2) is 0 Å². The van der Waals surface area contributed by atoms with Gasteiger partial charge in [0.15, 0.2) is 0 Å². The monoisotopic (exact) mass is 192 g/mol. The molecule has 3 N–H and O–H groups in total. The van der Waals surface area contributed by atoms with Gasteiger partial charge in [0, 0.05) is 7.11 Å². The number of methoxy groups -OCH3 is 1. The molecule has 0 aromatic carbocycles. The third-order valence-corrected chi connectivity index (χ3v) is 2.39. The van der Waals surface area contributed by atoms with Crippen molar-refractivity contribution < 1.29 is 24.8 Å². The Hall–Kier alpha value is -0.200. The van der Waals surface area contributed by atoms with Crippen LogP contribution >= 0.6 is 0 Å². The van der Waals surface area contributed by atoms with Gasteiger partial charge in [-0.2, -0.15) is 0 Å². The van der Waals surface area contributed by atoms with Gasteiger partial charge in [0.1, 0.15) is 24.4 Å². The lowest BCUT2D eigenvalue weighted by molar-refractivity contribution is -0.0945. The quantitative estimate of drug-likeness (QED) is 0.507. The Morgan fingerprint density at radius 1 is 1.38 bits per heavy atom. The van der Waals surface area contributed by atoms with E-state index in [4.69, 9.17) is 14.6 Å². The molecule has 1 rings (SSSR count). The number of rotatable bonds is 3. The van der Waals surface area contributed by atoms with Crippen LogP contribution in [0.5, 0.6) is 0 Å². The number of hydrogen-bond acceptors (Lipinski definition) is 5. The van der Waals surface area contributed by atoms with Gasteiger partial charge in [-0.15, -0.1) is 0 Å². The van der Waals surface area contributed by atoms with Crippen molar-refractivity contribution in [3.8, 4) is 0 Å². The lowest BCUT2D eigenvalue weighted by Gasteiger charge is -2.22. The van der Waals surface area contributed by atoms with E-state index in [0.717, 1.165) is 0 Å². The van der Waals surface area contributed by atoms with Crippen LogP contribution in [-0.4, -0.2) is 59.6 Å². The molecule has 0 amide bonds. The molecule has 1 aliphatic heterocycles. The predicted molar refractivity (Wildman–Crippen MR) is 44.2 cm³/mol. The fraction of sp³-hybridized carbons (Fsp3) is 1.00. The molecule has 3 unspecified atom stereocenters. The molecule has 1 aliphatic rings. The topological polar surface area (TPSA) is 79.2 Å². The van der Waals surface area contributed by atoms with Crippen LogP contribution in [-0.2, 0) is 9.47 Å². The molecule has 0 aliphatic carbocycles. The molecular weight excluding hydrogens is 176 g/mol. The number of hydrogen-bond donors (Lipinski definition) is 3.